The molecule has 0 spiro atoms. The van der Waals surface area contributed by atoms with Gasteiger partial charge in [-0.15, -0.1) is 0 Å². The maximum atomic E-state index is 12.6. The fourth-order valence-electron chi connectivity index (χ4n) is 6.07. The quantitative estimate of drug-likeness (QED) is 0.0281. The number of aliphatic hydroxyl groups is 2. The van der Waals surface area contributed by atoms with Crippen LogP contribution in [0.25, 0.3) is 22.1 Å². The van der Waals surface area contributed by atoms with Crippen LogP contribution in [0.2, 0.25) is 0 Å². The van der Waals surface area contributed by atoms with Crippen molar-refractivity contribution >= 4 is 80.8 Å². The third-order valence-corrected chi connectivity index (χ3v) is 13.2. The number of hydrogen-bond donors (Lipinski definition) is 7. The molecule has 30 heteroatoms. The summed E-state index contributed by atoms with van der Waals surface area (Å²) < 4.78 is 60.7. The van der Waals surface area contributed by atoms with Crippen LogP contribution in [-0.4, -0.2) is 121 Å². The van der Waals surface area contributed by atoms with Crippen LogP contribution in [-0.2, 0) is 57.1 Å². The molecule has 1 aliphatic heterocycles. The number of thioether (sulfide) groups is 1. The van der Waals surface area contributed by atoms with Gasteiger partial charge in [-0.25, -0.2) is 19.3 Å². The Morgan fingerprint density at radius 3 is 2.48 bits per heavy atom. The number of phosphoric ester groups is 3. The van der Waals surface area contributed by atoms with E-state index in [9.17, 15) is 57.9 Å². The first-order chi connectivity index (χ1) is 29.6. The summed E-state index contributed by atoms with van der Waals surface area (Å²) in [7, 11) is -17.6. The molecular formula is C33H44N9O17P3S-4. The second-order valence-corrected chi connectivity index (χ2v) is 19.7. The molecule has 3 aromatic heterocycles. The van der Waals surface area contributed by atoms with Gasteiger partial charge in [-0.3, -0.25) is 28.1 Å². The summed E-state index contributed by atoms with van der Waals surface area (Å²) in [5.74, 6) is -1.06. The second kappa shape index (κ2) is 21.4. The van der Waals surface area contributed by atoms with E-state index < -0.39 is 84.6 Å². The van der Waals surface area contributed by atoms with Gasteiger partial charge in [0.2, 0.25) is 17.7 Å². The molecule has 0 saturated carbocycles. The van der Waals surface area contributed by atoms with Crippen LogP contribution in [0, 0.1) is 5.41 Å². The number of nitrogens with zero attached hydrogens (tertiary/aromatic N) is 4. The Morgan fingerprint density at radius 1 is 1.02 bits per heavy atom. The molecule has 4 aromatic rings. The predicted octanol–water partition coefficient (Wildman–Crippen LogP) is -2.55. The van der Waals surface area contributed by atoms with Crippen LogP contribution in [0.15, 0.2) is 43.1 Å². The summed E-state index contributed by atoms with van der Waals surface area (Å²) in [5, 5.41) is 30.3. The smallest absolute Gasteiger partial charge is 0.274 e. The summed E-state index contributed by atoms with van der Waals surface area (Å²) in [4.78, 5) is 99.9. The molecule has 8 N–H and O–H groups in total. The Kier molecular flexibility index (Phi) is 17.0. The van der Waals surface area contributed by atoms with Crippen molar-refractivity contribution in [1.82, 2.24) is 40.5 Å². The van der Waals surface area contributed by atoms with Gasteiger partial charge in [-0.1, -0.05) is 32.0 Å². The number of para-hydroxylation sites is 1. The number of amides is 3. The van der Waals surface area contributed by atoms with Crippen LogP contribution in [0.5, 0.6) is 0 Å². The van der Waals surface area contributed by atoms with Crippen molar-refractivity contribution < 1.29 is 80.5 Å². The van der Waals surface area contributed by atoms with Crippen molar-refractivity contribution in [2.75, 3.05) is 50.1 Å². The van der Waals surface area contributed by atoms with Crippen LogP contribution in [0.3, 0.4) is 0 Å². The normalized spacial score (nSPS) is 20.6. The summed E-state index contributed by atoms with van der Waals surface area (Å²) in [6.45, 7) is 0.612. The van der Waals surface area contributed by atoms with Gasteiger partial charge in [-0.05, 0) is 18.1 Å². The van der Waals surface area contributed by atoms with Gasteiger partial charge < -0.3 is 79.3 Å². The van der Waals surface area contributed by atoms with E-state index in [1.165, 1.54) is 25.6 Å². The molecule has 1 aliphatic rings. The molecule has 1 aromatic carbocycles. The summed E-state index contributed by atoms with van der Waals surface area (Å²) in [6.07, 6.45) is -5.02. The SMILES string of the molecule is CC(C)(COP(=O)([O-])OP(=O)([O-])OC[C@H]1O[C@@H](n2cnc3c(N)ncnc32)[C@H](O)[C@@H]1OP(=O)([O-])[O-])[C@@H](O)C(=O)NCCC(=O)NCCSCC(=O)NCCc1c[nH]c2ccccc12. The lowest BCUT2D eigenvalue weighted by molar-refractivity contribution is -0.347. The molecule has 63 heavy (non-hydrogen) atoms. The maximum Gasteiger partial charge on any atom is 0.274 e. The average molecular weight is 964 g/mol. The minimum absolute atomic E-state index is 0.0227. The monoisotopic (exact) mass is 963 g/mol. The highest BCUT2D eigenvalue weighted by Crippen LogP contribution is 2.56. The van der Waals surface area contributed by atoms with Crippen LogP contribution < -0.4 is 41.3 Å². The number of benzene rings is 1. The fraction of sp³-hybridized carbons (Fsp3) is 0.515. The van der Waals surface area contributed by atoms with Crippen molar-refractivity contribution in [3.63, 3.8) is 0 Å². The van der Waals surface area contributed by atoms with Gasteiger partial charge >= 0.3 is 0 Å². The number of phosphoric acid groups is 3. The minimum Gasteiger partial charge on any atom is -0.790 e. The highest BCUT2D eigenvalue weighted by molar-refractivity contribution is 7.99. The first kappa shape index (κ1) is 50.1. The van der Waals surface area contributed by atoms with Gasteiger partial charge in [0.15, 0.2) is 17.7 Å². The highest BCUT2D eigenvalue weighted by atomic mass is 32.2. The zero-order chi connectivity index (χ0) is 46.2. The van der Waals surface area contributed by atoms with Gasteiger partial charge in [0.1, 0.15) is 36.3 Å². The molecule has 2 unspecified atom stereocenters. The lowest BCUT2D eigenvalue weighted by Gasteiger charge is -2.36. The number of aliphatic hydroxyl groups excluding tert-OH is 2. The Bertz CT molecular complexity index is 2380. The van der Waals surface area contributed by atoms with Gasteiger partial charge in [-0.2, -0.15) is 11.8 Å². The van der Waals surface area contributed by atoms with E-state index in [1.54, 1.807) is 0 Å². The number of nitrogens with two attached hydrogens (primary N) is 1. The molecule has 3 amide bonds. The lowest BCUT2D eigenvalue weighted by atomic mass is 9.87. The molecule has 0 aliphatic carbocycles. The molecule has 348 valence electrons. The Morgan fingerprint density at radius 2 is 1.73 bits per heavy atom. The van der Waals surface area contributed by atoms with Gasteiger partial charge in [0, 0.05) is 54.3 Å². The van der Waals surface area contributed by atoms with Crippen molar-refractivity contribution in [2.24, 2.45) is 5.41 Å². The van der Waals surface area contributed by atoms with Crippen LogP contribution in [0.4, 0.5) is 5.82 Å². The van der Waals surface area contributed by atoms with Crippen molar-refractivity contribution in [1.29, 1.82) is 0 Å². The van der Waals surface area contributed by atoms with E-state index in [0.29, 0.717) is 18.7 Å². The largest absolute Gasteiger partial charge is 0.790 e. The summed E-state index contributed by atoms with van der Waals surface area (Å²) in [5.41, 5.74) is 6.18. The van der Waals surface area contributed by atoms with Crippen LogP contribution >= 0.6 is 35.2 Å². The number of fused-ring (bicyclic) bond motifs is 2. The number of ether oxygens (including phenoxy) is 1. The molecular weight excluding hydrogens is 919 g/mol. The van der Waals surface area contributed by atoms with Crippen molar-refractivity contribution in [2.45, 2.75) is 57.3 Å². The fourth-order valence-corrected chi connectivity index (χ4v) is 9.48. The first-order valence-corrected chi connectivity index (χ1v) is 24.3. The molecule has 1 fully saturated rings. The first-order valence-electron chi connectivity index (χ1n) is 18.8. The number of anilines is 1. The number of imidazole rings is 1. The third-order valence-electron chi connectivity index (χ3n) is 9.25. The Labute approximate surface area is 362 Å². The molecule has 0 bridgehead atoms. The number of nitrogens with one attached hydrogen (secondary N) is 4. The molecule has 0 radical (unpaired) electrons. The second-order valence-electron chi connectivity index (χ2n) is 14.5. The third kappa shape index (κ3) is 14.3. The highest BCUT2D eigenvalue weighted by Gasteiger charge is 2.47. The molecule has 4 heterocycles. The van der Waals surface area contributed by atoms with E-state index in [0.717, 1.165) is 33.7 Å². The van der Waals surface area contributed by atoms with E-state index in [4.69, 9.17) is 10.5 Å². The van der Waals surface area contributed by atoms with E-state index in [1.807, 2.05) is 30.5 Å². The van der Waals surface area contributed by atoms with E-state index in [-0.39, 0.29) is 48.2 Å². The van der Waals surface area contributed by atoms with Crippen molar-refractivity contribution in [3.05, 3.63) is 48.7 Å². The van der Waals surface area contributed by atoms with Gasteiger partial charge in [0.05, 0.1) is 33.1 Å². The number of carbonyl (C=O) groups is 3. The number of hydrogen-bond acceptors (Lipinski definition) is 22. The Balaban J connectivity index is 0.988. The lowest BCUT2D eigenvalue weighted by Crippen LogP contribution is -2.46. The molecule has 1 saturated heterocycles. The maximum absolute atomic E-state index is 12.6. The molecule has 26 nitrogen and oxygen atoms in total. The van der Waals surface area contributed by atoms with Gasteiger partial charge in [0.25, 0.3) is 15.6 Å². The number of carbonyl (C=O) groups excluding carboxylic acids is 3. The van der Waals surface area contributed by atoms with E-state index >= 15 is 0 Å². The number of H-pyrrole nitrogens is 1. The van der Waals surface area contributed by atoms with E-state index in [2.05, 4.69) is 53.8 Å². The summed E-state index contributed by atoms with van der Waals surface area (Å²) >= 11 is 1.31. The zero-order valence-electron chi connectivity index (χ0n) is 33.4. The number of aromatic amines is 1. The van der Waals surface area contributed by atoms with Crippen LogP contribution in [0.1, 0.15) is 32.1 Å². The summed E-state index contributed by atoms with van der Waals surface area (Å²) in [6, 6.07) is 7.86. The average Bonchev–Trinajstić information content (AvgIpc) is 3.91. The number of rotatable bonds is 24. The van der Waals surface area contributed by atoms with Crippen molar-refractivity contribution in [3.8, 4) is 0 Å². The topological polar surface area (TPSA) is 403 Å². The predicted molar refractivity (Wildman–Crippen MR) is 213 cm³/mol. The number of aromatic nitrogens is 5. The zero-order valence-corrected chi connectivity index (χ0v) is 36.9. The number of nitrogen functional groups attached to an aromatic ring is 1. The minimum atomic E-state index is -5.92. The molecule has 7 atom stereocenters. The Hall–Kier alpha value is -3.88. The standard InChI is InChI=1S/C33H48N9O17P3S/c1-33(2,28(46)31(47)37-10-8-23(43)36-11-12-63-15-24(44)35-9-7-19-13-38-21-6-4-3-5-20(19)21)16-56-62(53,54)59-61(51,52)55-14-22-27(58-60(48,49)50)26(45)32(57-22)42-18-41-25-29(34)39-17-40-30(25)42/h3-6,13,17-18,22,26-28,32,38,45-46H,7-12,14-16H2,1-2H3,(H,35,44)(H,36,43)(H,37,47)(H,51,52)(H,53,54)(H2,34,39,40)(H2,48,49,50)/p-4/t22-,26-,27-,28+,32-/m1/s1. The molecule has 5 rings (SSSR count).